The number of carbonyl (C=O) groups is 1. The van der Waals surface area contributed by atoms with Gasteiger partial charge in [0.1, 0.15) is 11.6 Å². The van der Waals surface area contributed by atoms with Crippen molar-refractivity contribution in [3.05, 3.63) is 54.0 Å². The zero-order valence-electron chi connectivity index (χ0n) is 13.4. The van der Waals surface area contributed by atoms with Crippen LogP contribution in [-0.2, 0) is 6.54 Å². The Morgan fingerprint density at radius 1 is 1.38 bits per heavy atom. The van der Waals surface area contributed by atoms with Gasteiger partial charge in [-0.25, -0.2) is 14.2 Å². The molecule has 0 aliphatic carbocycles. The number of nitrogens with one attached hydrogen (secondary N) is 1. The van der Waals surface area contributed by atoms with Gasteiger partial charge in [-0.05, 0) is 25.1 Å². The van der Waals surface area contributed by atoms with Gasteiger partial charge in [0.25, 0.3) is 0 Å². The van der Waals surface area contributed by atoms with Gasteiger partial charge in [-0.15, -0.1) is 0 Å². The molecule has 0 radical (unpaired) electrons. The maximum Gasteiger partial charge on any atom is 0.317 e. The number of ether oxygens (including phenoxy) is 1. The van der Waals surface area contributed by atoms with Crippen molar-refractivity contribution < 1.29 is 19.0 Å². The number of benzene rings is 1. The Bertz CT molecular complexity index is 682. The van der Waals surface area contributed by atoms with Gasteiger partial charge < -0.3 is 20.1 Å². The summed E-state index contributed by atoms with van der Waals surface area (Å²) in [6, 6.07) is 8.97. The molecule has 0 aliphatic heterocycles. The van der Waals surface area contributed by atoms with E-state index in [4.69, 9.17) is 9.84 Å². The molecule has 128 valence electrons. The molecule has 7 heteroatoms. The van der Waals surface area contributed by atoms with E-state index in [0.717, 1.165) is 0 Å². The fraction of sp³-hybridized carbons (Fsp3) is 0.294. The second kappa shape index (κ2) is 8.83. The molecule has 0 saturated carbocycles. The molecule has 0 atom stereocenters. The van der Waals surface area contributed by atoms with Gasteiger partial charge in [0.15, 0.2) is 0 Å². The molecule has 0 bridgehead atoms. The molecule has 0 spiro atoms. The van der Waals surface area contributed by atoms with E-state index in [9.17, 15) is 9.18 Å². The minimum atomic E-state index is -0.402. The minimum absolute atomic E-state index is 0.0952. The zero-order chi connectivity index (χ0) is 17.4. The maximum absolute atomic E-state index is 13.2. The average Bonchev–Trinajstić information content (AvgIpc) is 2.58. The Labute approximate surface area is 139 Å². The summed E-state index contributed by atoms with van der Waals surface area (Å²) >= 11 is 0. The SMILES string of the molecule is CCN(CCO)C(=O)NCc1cccnc1Oc1cccc(F)c1. The Hall–Kier alpha value is -2.67. The van der Waals surface area contributed by atoms with E-state index in [0.29, 0.717) is 23.7 Å². The lowest BCUT2D eigenvalue weighted by atomic mass is 10.2. The molecule has 24 heavy (non-hydrogen) atoms. The molecule has 0 aliphatic rings. The molecular weight excluding hydrogens is 313 g/mol. The summed E-state index contributed by atoms with van der Waals surface area (Å²) in [5.41, 5.74) is 0.662. The highest BCUT2D eigenvalue weighted by molar-refractivity contribution is 5.74. The zero-order valence-corrected chi connectivity index (χ0v) is 13.4. The summed E-state index contributed by atoms with van der Waals surface area (Å²) in [5, 5.41) is 11.7. The Morgan fingerprint density at radius 3 is 2.92 bits per heavy atom. The Kier molecular flexibility index (Phi) is 6.51. The third-order valence-corrected chi connectivity index (χ3v) is 3.33. The van der Waals surface area contributed by atoms with Gasteiger partial charge in [0.05, 0.1) is 6.61 Å². The summed E-state index contributed by atoms with van der Waals surface area (Å²) < 4.78 is 18.8. The highest BCUT2D eigenvalue weighted by atomic mass is 19.1. The molecule has 0 saturated heterocycles. The Morgan fingerprint density at radius 2 is 2.21 bits per heavy atom. The Balaban J connectivity index is 2.05. The van der Waals surface area contributed by atoms with Gasteiger partial charge in [0.2, 0.25) is 5.88 Å². The molecule has 1 aromatic carbocycles. The topological polar surface area (TPSA) is 74.7 Å². The normalized spacial score (nSPS) is 10.3. The highest BCUT2D eigenvalue weighted by Gasteiger charge is 2.12. The second-order valence-electron chi connectivity index (χ2n) is 4.99. The molecule has 2 N–H and O–H groups in total. The first-order valence-corrected chi connectivity index (χ1v) is 7.65. The van der Waals surface area contributed by atoms with Crippen molar-refractivity contribution in [3.63, 3.8) is 0 Å². The number of aliphatic hydroxyl groups is 1. The quantitative estimate of drug-likeness (QED) is 0.816. The van der Waals surface area contributed by atoms with E-state index < -0.39 is 5.82 Å². The largest absolute Gasteiger partial charge is 0.439 e. The van der Waals surface area contributed by atoms with Crippen LogP contribution in [0, 0.1) is 5.82 Å². The number of nitrogens with zero attached hydrogens (tertiary/aromatic N) is 2. The van der Waals surface area contributed by atoms with Gasteiger partial charge >= 0.3 is 6.03 Å². The van der Waals surface area contributed by atoms with Gasteiger partial charge in [-0.3, -0.25) is 0 Å². The summed E-state index contributed by atoms with van der Waals surface area (Å²) in [6.07, 6.45) is 1.56. The van der Waals surface area contributed by atoms with Crippen LogP contribution in [0.15, 0.2) is 42.6 Å². The lowest BCUT2D eigenvalue weighted by Crippen LogP contribution is -2.41. The summed E-state index contributed by atoms with van der Waals surface area (Å²) in [4.78, 5) is 17.7. The van der Waals surface area contributed by atoms with Crippen LogP contribution in [0.3, 0.4) is 0 Å². The molecular formula is C17H20FN3O3. The van der Waals surface area contributed by atoms with Crippen LogP contribution in [0.5, 0.6) is 11.6 Å². The summed E-state index contributed by atoms with van der Waals surface area (Å²) in [7, 11) is 0. The molecule has 0 unspecified atom stereocenters. The van der Waals surface area contributed by atoms with Crippen LogP contribution in [0.4, 0.5) is 9.18 Å². The van der Waals surface area contributed by atoms with Crippen LogP contribution in [0.2, 0.25) is 0 Å². The molecule has 2 amide bonds. The summed E-state index contributed by atoms with van der Waals surface area (Å²) in [5.74, 6) is 0.228. The van der Waals surface area contributed by atoms with Crippen LogP contribution in [-0.4, -0.2) is 40.7 Å². The number of amides is 2. The van der Waals surface area contributed by atoms with E-state index >= 15 is 0 Å². The van der Waals surface area contributed by atoms with Crippen molar-refractivity contribution in [2.45, 2.75) is 13.5 Å². The number of hydrogen-bond acceptors (Lipinski definition) is 4. The van der Waals surface area contributed by atoms with Crippen LogP contribution < -0.4 is 10.1 Å². The highest BCUT2D eigenvalue weighted by Crippen LogP contribution is 2.23. The van der Waals surface area contributed by atoms with E-state index in [1.165, 1.54) is 17.0 Å². The maximum atomic E-state index is 13.2. The number of hydrogen-bond donors (Lipinski definition) is 2. The van der Waals surface area contributed by atoms with Crippen LogP contribution in [0.1, 0.15) is 12.5 Å². The molecule has 6 nitrogen and oxygen atoms in total. The first-order valence-electron chi connectivity index (χ1n) is 7.65. The van der Waals surface area contributed by atoms with Gasteiger partial charge in [-0.2, -0.15) is 0 Å². The van der Waals surface area contributed by atoms with E-state index in [2.05, 4.69) is 10.3 Å². The van der Waals surface area contributed by atoms with E-state index in [-0.39, 0.29) is 25.7 Å². The number of pyridine rings is 1. The van der Waals surface area contributed by atoms with Gasteiger partial charge in [-0.1, -0.05) is 12.1 Å². The first-order chi connectivity index (χ1) is 11.6. The predicted molar refractivity (Wildman–Crippen MR) is 87.3 cm³/mol. The standard InChI is InChI=1S/C17H20FN3O3/c1-2-21(9-10-22)17(23)20-12-13-5-4-8-19-16(13)24-15-7-3-6-14(18)11-15/h3-8,11,22H,2,9-10,12H2,1H3,(H,20,23). The number of carbonyl (C=O) groups excluding carboxylic acids is 1. The number of likely N-dealkylation sites (N-methyl/N-ethyl adjacent to an activating group) is 1. The lowest BCUT2D eigenvalue weighted by Gasteiger charge is -2.20. The molecule has 1 aromatic heterocycles. The molecule has 0 fully saturated rings. The second-order valence-corrected chi connectivity index (χ2v) is 4.99. The minimum Gasteiger partial charge on any atom is -0.439 e. The first kappa shape index (κ1) is 17.7. The number of rotatable bonds is 7. The van der Waals surface area contributed by atoms with Crippen molar-refractivity contribution in [2.24, 2.45) is 0 Å². The third kappa shape index (κ3) is 4.92. The number of aliphatic hydroxyl groups excluding tert-OH is 1. The lowest BCUT2D eigenvalue weighted by molar-refractivity contribution is 0.180. The monoisotopic (exact) mass is 333 g/mol. The predicted octanol–water partition coefficient (Wildman–Crippen LogP) is 2.54. The van der Waals surface area contributed by atoms with Crippen molar-refractivity contribution in [1.29, 1.82) is 0 Å². The van der Waals surface area contributed by atoms with Crippen molar-refractivity contribution in [2.75, 3.05) is 19.7 Å². The number of urea groups is 1. The summed E-state index contributed by atoms with van der Waals surface area (Å²) in [6.45, 7) is 2.70. The average molecular weight is 333 g/mol. The molecule has 1 heterocycles. The van der Waals surface area contributed by atoms with E-state index in [1.807, 2.05) is 6.92 Å². The van der Waals surface area contributed by atoms with Crippen LogP contribution in [0.25, 0.3) is 0 Å². The number of aromatic nitrogens is 1. The van der Waals surface area contributed by atoms with Crippen LogP contribution >= 0.6 is 0 Å². The van der Waals surface area contributed by atoms with E-state index in [1.54, 1.807) is 30.5 Å². The fourth-order valence-corrected chi connectivity index (χ4v) is 2.10. The van der Waals surface area contributed by atoms with Crippen molar-refractivity contribution in [3.8, 4) is 11.6 Å². The van der Waals surface area contributed by atoms with Gasteiger partial charge in [0, 0.05) is 37.5 Å². The number of halogens is 1. The molecule has 2 rings (SSSR count). The smallest absolute Gasteiger partial charge is 0.317 e. The van der Waals surface area contributed by atoms with Crippen molar-refractivity contribution >= 4 is 6.03 Å². The molecule has 2 aromatic rings. The van der Waals surface area contributed by atoms with Crippen molar-refractivity contribution in [1.82, 2.24) is 15.2 Å². The fourth-order valence-electron chi connectivity index (χ4n) is 2.10. The third-order valence-electron chi connectivity index (χ3n) is 3.33.